The van der Waals surface area contributed by atoms with Gasteiger partial charge in [-0.3, -0.25) is 39.1 Å². The summed E-state index contributed by atoms with van der Waals surface area (Å²) in [5, 5.41) is 9.73. The standard InChI is InChI=1S/C46H53ClN9O8P/c1-63-37-27-30(14-15-33(37)50-46-48-28-32(47)42(52-46)49-34-10-4-5-12-38(34)65(2,3)62)53-20-18-29(19-21-53)54-22-24-55(25-23-54)40(58)13-6-7-26-64-36-11-8-9-31-41(36)45(61)56(44(31)60)35-16-17-39(57)51-43(35)59/h4-5,8-12,14-15,27-29,35H,6-7,13,16-26H2,1-3H3,(H,51,57,59)(H2,48,49,50,52). The van der Waals surface area contributed by atoms with E-state index < -0.39 is 36.8 Å². The number of rotatable bonds is 15. The summed E-state index contributed by atoms with van der Waals surface area (Å²) >= 11 is 6.48. The van der Waals surface area contributed by atoms with Crippen LogP contribution in [0.15, 0.2) is 66.9 Å². The molecule has 5 amide bonds. The highest BCUT2D eigenvalue weighted by molar-refractivity contribution is 7.70. The van der Waals surface area contributed by atoms with Crippen LogP contribution in [0.3, 0.4) is 0 Å². The zero-order chi connectivity index (χ0) is 45.8. The van der Waals surface area contributed by atoms with Gasteiger partial charge in [-0.15, -0.1) is 0 Å². The van der Waals surface area contributed by atoms with E-state index in [2.05, 4.69) is 41.8 Å². The van der Waals surface area contributed by atoms with Gasteiger partial charge in [-0.25, -0.2) is 4.98 Å². The summed E-state index contributed by atoms with van der Waals surface area (Å²) in [5.74, 6) is -0.575. The molecule has 3 fully saturated rings. The fraction of sp³-hybridized carbons (Fsp3) is 0.413. The van der Waals surface area contributed by atoms with Crippen LogP contribution < -0.4 is 35.6 Å². The molecule has 4 aromatic rings. The van der Waals surface area contributed by atoms with Crippen molar-refractivity contribution < 1.29 is 38.0 Å². The van der Waals surface area contributed by atoms with E-state index in [0.29, 0.717) is 77.6 Å². The molecule has 3 N–H and O–H groups in total. The SMILES string of the molecule is COc1cc(N2CCC(N3CCN(C(=O)CCCCOc4cccc5c4C(=O)N(C4CCC(=O)NC4=O)C5=O)CC3)CC2)ccc1Nc1ncc(Cl)c(Nc2ccccc2P(C)(C)=O)n1. The highest BCUT2D eigenvalue weighted by Crippen LogP contribution is 2.39. The highest BCUT2D eigenvalue weighted by Gasteiger charge is 2.46. The smallest absolute Gasteiger partial charge is 0.266 e. The van der Waals surface area contributed by atoms with Gasteiger partial charge >= 0.3 is 0 Å². The van der Waals surface area contributed by atoms with E-state index in [1.165, 1.54) is 12.3 Å². The van der Waals surface area contributed by atoms with E-state index in [-0.39, 0.29) is 42.2 Å². The lowest BCUT2D eigenvalue weighted by Gasteiger charge is -2.43. The van der Waals surface area contributed by atoms with Crippen molar-refractivity contribution in [3.05, 3.63) is 83.0 Å². The number of methoxy groups -OCH3 is 1. The molecule has 0 spiro atoms. The number of carbonyl (C=O) groups is 5. The van der Waals surface area contributed by atoms with Gasteiger partial charge in [-0.1, -0.05) is 29.8 Å². The first-order valence-electron chi connectivity index (χ1n) is 21.9. The van der Waals surface area contributed by atoms with E-state index in [4.69, 9.17) is 21.1 Å². The summed E-state index contributed by atoms with van der Waals surface area (Å²) in [6.07, 6.45) is 5.21. The number of fused-ring (bicyclic) bond motifs is 1. The Balaban J connectivity index is 0.766. The predicted molar refractivity (Wildman–Crippen MR) is 248 cm³/mol. The van der Waals surface area contributed by atoms with Crippen LogP contribution in [-0.2, 0) is 18.9 Å². The molecule has 65 heavy (non-hydrogen) atoms. The number of benzene rings is 3. The molecule has 8 rings (SSSR count). The van der Waals surface area contributed by atoms with E-state index in [0.717, 1.165) is 49.6 Å². The minimum atomic E-state index is -2.57. The number of hydrogen-bond acceptors (Lipinski definition) is 14. The first-order chi connectivity index (χ1) is 31.3. The summed E-state index contributed by atoms with van der Waals surface area (Å²) in [5.41, 5.74) is 2.70. The van der Waals surface area contributed by atoms with Crippen LogP contribution in [0.2, 0.25) is 5.02 Å². The number of piperazine rings is 1. The number of para-hydroxylation sites is 1. The molecule has 19 heteroatoms. The molecular weight excluding hydrogens is 873 g/mol. The van der Waals surface area contributed by atoms with Gasteiger partial charge in [0.15, 0.2) is 5.82 Å². The Labute approximate surface area is 382 Å². The maximum absolute atomic E-state index is 13.3. The van der Waals surface area contributed by atoms with E-state index >= 15 is 0 Å². The van der Waals surface area contributed by atoms with Crippen molar-refractivity contribution in [2.75, 3.05) is 81.8 Å². The van der Waals surface area contributed by atoms with Gasteiger partial charge in [-0.2, -0.15) is 4.98 Å². The number of carbonyl (C=O) groups excluding carboxylic acids is 5. The molecule has 0 saturated carbocycles. The van der Waals surface area contributed by atoms with Gasteiger partial charge in [0, 0.05) is 75.2 Å². The topological polar surface area (TPSA) is 196 Å². The van der Waals surface area contributed by atoms with Crippen molar-refractivity contribution in [3.63, 3.8) is 0 Å². The van der Waals surface area contributed by atoms with Crippen molar-refractivity contribution in [1.29, 1.82) is 0 Å². The Hall–Kier alpha value is -6.03. The lowest BCUT2D eigenvalue weighted by Crippen LogP contribution is -2.54. The quantitative estimate of drug-likeness (QED) is 0.0753. The lowest BCUT2D eigenvalue weighted by molar-refractivity contribution is -0.136. The predicted octanol–water partition coefficient (Wildman–Crippen LogP) is 5.64. The molecule has 1 unspecified atom stereocenters. The summed E-state index contributed by atoms with van der Waals surface area (Å²) in [6, 6.07) is 17.6. The molecule has 3 saturated heterocycles. The van der Waals surface area contributed by atoms with Crippen LogP contribution in [0.4, 0.5) is 28.8 Å². The maximum atomic E-state index is 13.3. The number of anilines is 5. The number of ether oxygens (including phenoxy) is 2. The van der Waals surface area contributed by atoms with Gasteiger partial charge < -0.3 is 34.5 Å². The zero-order valence-corrected chi connectivity index (χ0v) is 38.3. The molecule has 1 atom stereocenters. The lowest BCUT2D eigenvalue weighted by atomic mass is 10.0. The molecule has 0 aliphatic carbocycles. The number of unbranched alkanes of at least 4 members (excludes halogenated alkanes) is 1. The molecule has 4 aliphatic rings. The number of aromatic nitrogens is 2. The molecule has 0 radical (unpaired) electrons. The van der Waals surface area contributed by atoms with Gasteiger partial charge in [0.25, 0.3) is 11.8 Å². The molecule has 3 aromatic carbocycles. The third kappa shape index (κ3) is 10.1. The number of hydrogen-bond donors (Lipinski definition) is 3. The molecular formula is C46H53ClN9O8P. The summed E-state index contributed by atoms with van der Waals surface area (Å²) in [4.78, 5) is 80.4. The molecule has 17 nitrogen and oxygen atoms in total. The summed E-state index contributed by atoms with van der Waals surface area (Å²) < 4.78 is 24.7. The largest absolute Gasteiger partial charge is 0.494 e. The third-order valence-electron chi connectivity index (χ3n) is 12.4. The Kier molecular flexibility index (Phi) is 13.7. The number of nitrogens with one attached hydrogen (secondary N) is 3. The first-order valence-corrected chi connectivity index (χ1v) is 24.9. The van der Waals surface area contributed by atoms with Gasteiger partial charge in [0.05, 0.1) is 42.4 Å². The Morgan fingerprint density at radius 2 is 1.65 bits per heavy atom. The van der Waals surface area contributed by atoms with Gasteiger partial charge in [0.2, 0.25) is 23.7 Å². The Morgan fingerprint density at radius 3 is 2.38 bits per heavy atom. The Bertz CT molecular complexity index is 2540. The van der Waals surface area contributed by atoms with Crippen LogP contribution in [0.5, 0.6) is 11.5 Å². The van der Waals surface area contributed by atoms with Gasteiger partial charge in [0.1, 0.15) is 29.7 Å². The van der Waals surface area contributed by atoms with Gasteiger partial charge in [-0.05, 0) is 81.8 Å². The maximum Gasteiger partial charge on any atom is 0.266 e. The number of halogens is 1. The number of nitrogens with zero attached hydrogens (tertiary/aromatic N) is 6. The third-order valence-corrected chi connectivity index (χ3v) is 14.2. The molecule has 5 heterocycles. The second-order valence-corrected chi connectivity index (χ2v) is 20.5. The number of amides is 5. The monoisotopic (exact) mass is 925 g/mol. The molecule has 342 valence electrons. The van der Waals surface area contributed by atoms with Crippen molar-refractivity contribution in [2.24, 2.45) is 0 Å². The molecule has 4 aliphatic heterocycles. The fourth-order valence-corrected chi connectivity index (χ4v) is 10.2. The van der Waals surface area contributed by atoms with Crippen LogP contribution in [0.25, 0.3) is 0 Å². The number of imide groups is 2. The van der Waals surface area contributed by atoms with Crippen LogP contribution in [0, 0.1) is 0 Å². The summed E-state index contributed by atoms with van der Waals surface area (Å²) in [7, 11) is -0.937. The fourth-order valence-electron chi connectivity index (χ4n) is 8.94. The minimum Gasteiger partial charge on any atom is -0.494 e. The van der Waals surface area contributed by atoms with E-state index in [9.17, 15) is 28.5 Å². The van der Waals surface area contributed by atoms with Crippen LogP contribution in [-0.4, -0.2) is 133 Å². The average Bonchev–Trinajstić information content (AvgIpc) is 3.56. The molecule has 1 aromatic heterocycles. The normalized spacial score (nSPS) is 18.4. The first kappa shape index (κ1) is 45.5. The second kappa shape index (κ2) is 19.6. The van der Waals surface area contributed by atoms with Crippen molar-refractivity contribution >= 4 is 82.4 Å². The van der Waals surface area contributed by atoms with Crippen molar-refractivity contribution in [1.82, 2.24) is 30.0 Å². The number of piperidine rings is 2. The second-order valence-electron chi connectivity index (χ2n) is 17.0. The van der Waals surface area contributed by atoms with Crippen molar-refractivity contribution in [3.8, 4) is 11.5 Å². The minimum absolute atomic E-state index is 0.0453. The Morgan fingerprint density at radius 1 is 0.877 bits per heavy atom. The molecule has 0 bridgehead atoms. The summed E-state index contributed by atoms with van der Waals surface area (Å²) in [6.45, 7) is 8.47. The van der Waals surface area contributed by atoms with Crippen LogP contribution in [0.1, 0.15) is 65.7 Å². The zero-order valence-electron chi connectivity index (χ0n) is 36.7. The van der Waals surface area contributed by atoms with E-state index in [1.54, 1.807) is 32.6 Å². The van der Waals surface area contributed by atoms with E-state index in [1.807, 2.05) is 41.3 Å². The van der Waals surface area contributed by atoms with Crippen molar-refractivity contribution in [2.45, 2.75) is 57.0 Å². The van der Waals surface area contributed by atoms with Crippen LogP contribution >= 0.6 is 18.7 Å². The highest BCUT2D eigenvalue weighted by atomic mass is 35.5. The average molecular weight is 926 g/mol.